The summed E-state index contributed by atoms with van der Waals surface area (Å²) in [6.07, 6.45) is 4.57. The number of fused-ring (bicyclic) bond motifs is 2. The van der Waals surface area contributed by atoms with E-state index in [9.17, 15) is 4.79 Å². The molecule has 2 aromatic carbocycles. The molecule has 0 saturated heterocycles. The van der Waals surface area contributed by atoms with E-state index in [1.165, 1.54) is 35.3 Å². The van der Waals surface area contributed by atoms with Crippen LogP contribution in [0.25, 0.3) is 10.2 Å². The number of thiazole rings is 1. The first-order valence-electron chi connectivity index (χ1n) is 9.56. The van der Waals surface area contributed by atoms with Gasteiger partial charge in [0.15, 0.2) is 4.80 Å². The summed E-state index contributed by atoms with van der Waals surface area (Å²) in [6, 6.07) is 9.90. The lowest BCUT2D eigenvalue weighted by molar-refractivity contribution is 0.0997. The van der Waals surface area contributed by atoms with Crippen LogP contribution in [-0.2, 0) is 24.1 Å². The fourth-order valence-electron chi connectivity index (χ4n) is 3.81. The van der Waals surface area contributed by atoms with Crippen LogP contribution in [0, 0.1) is 6.92 Å². The molecule has 0 atom stereocenters. The second-order valence-corrected chi connectivity index (χ2v) is 8.57. The highest BCUT2D eigenvalue weighted by Gasteiger charge is 2.15. The highest BCUT2D eigenvalue weighted by atomic mass is 35.5. The molecule has 0 fully saturated rings. The summed E-state index contributed by atoms with van der Waals surface area (Å²) >= 11 is 7.84. The van der Waals surface area contributed by atoms with E-state index in [0.717, 1.165) is 28.6 Å². The summed E-state index contributed by atoms with van der Waals surface area (Å²) in [5.74, 6) is -0.199. The van der Waals surface area contributed by atoms with Gasteiger partial charge in [-0.1, -0.05) is 29.0 Å². The number of hydrogen-bond donors (Lipinski definition) is 0. The van der Waals surface area contributed by atoms with E-state index in [1.807, 2.05) is 35.8 Å². The number of carbonyl (C=O) groups is 1. The molecule has 0 aliphatic heterocycles. The van der Waals surface area contributed by atoms with Gasteiger partial charge in [0.1, 0.15) is 0 Å². The molecule has 1 aromatic heterocycles. The first kappa shape index (κ1) is 19.4. The first-order chi connectivity index (χ1) is 13.6. The van der Waals surface area contributed by atoms with Crippen LogP contribution in [0.3, 0.4) is 0 Å². The fourth-order valence-corrected chi connectivity index (χ4v) is 5.08. The minimum Gasteiger partial charge on any atom is -0.383 e. The lowest BCUT2D eigenvalue weighted by Gasteiger charge is -2.15. The van der Waals surface area contributed by atoms with Crippen LogP contribution in [-0.4, -0.2) is 24.2 Å². The number of carbonyl (C=O) groups excluding carboxylic acids is 1. The van der Waals surface area contributed by atoms with E-state index in [-0.39, 0.29) is 5.91 Å². The summed E-state index contributed by atoms with van der Waals surface area (Å²) in [4.78, 5) is 18.1. The highest BCUT2D eigenvalue weighted by Crippen LogP contribution is 2.27. The average Bonchev–Trinajstić information content (AvgIpc) is 3.06. The molecule has 0 N–H and O–H groups in total. The molecule has 3 aromatic rings. The summed E-state index contributed by atoms with van der Waals surface area (Å²) in [6.45, 7) is 3.15. The zero-order valence-corrected chi connectivity index (χ0v) is 17.7. The Morgan fingerprint density at radius 3 is 2.79 bits per heavy atom. The van der Waals surface area contributed by atoms with Crippen molar-refractivity contribution in [3.8, 4) is 0 Å². The second kappa shape index (κ2) is 8.19. The zero-order chi connectivity index (χ0) is 19.7. The SMILES string of the molecule is COCCn1c(=NC(=O)c2ccc3c(c2)CCCC3)sc2ccc(Cl)c(C)c21. The minimum absolute atomic E-state index is 0.199. The normalized spacial score (nSPS) is 14.5. The van der Waals surface area contributed by atoms with Crippen molar-refractivity contribution in [2.24, 2.45) is 4.99 Å². The third-order valence-electron chi connectivity index (χ3n) is 5.34. The number of aryl methyl sites for hydroxylation is 3. The van der Waals surface area contributed by atoms with Crippen molar-refractivity contribution in [2.45, 2.75) is 39.2 Å². The number of rotatable bonds is 4. The van der Waals surface area contributed by atoms with Gasteiger partial charge in [-0.15, -0.1) is 0 Å². The maximum atomic E-state index is 12.9. The van der Waals surface area contributed by atoms with Gasteiger partial charge in [0.2, 0.25) is 0 Å². The van der Waals surface area contributed by atoms with Crippen LogP contribution in [0.15, 0.2) is 35.3 Å². The van der Waals surface area contributed by atoms with Gasteiger partial charge >= 0.3 is 0 Å². The number of halogens is 1. The van der Waals surface area contributed by atoms with Crippen molar-refractivity contribution in [2.75, 3.05) is 13.7 Å². The number of aromatic nitrogens is 1. The van der Waals surface area contributed by atoms with Gasteiger partial charge in [0.25, 0.3) is 5.91 Å². The summed E-state index contributed by atoms with van der Waals surface area (Å²) in [5.41, 5.74) is 5.33. The van der Waals surface area contributed by atoms with Gasteiger partial charge in [-0.05, 0) is 73.6 Å². The number of ether oxygens (including phenoxy) is 1. The molecule has 1 heterocycles. The predicted octanol–water partition coefficient (Wildman–Crippen LogP) is 4.93. The molecule has 1 amide bonds. The van der Waals surface area contributed by atoms with Crippen LogP contribution >= 0.6 is 22.9 Å². The van der Waals surface area contributed by atoms with Gasteiger partial charge in [0, 0.05) is 24.2 Å². The molecule has 4 rings (SSSR count). The first-order valence-corrected chi connectivity index (χ1v) is 10.8. The van der Waals surface area contributed by atoms with E-state index in [0.29, 0.717) is 28.5 Å². The molecule has 146 valence electrons. The quantitative estimate of drug-likeness (QED) is 0.607. The Kier molecular flexibility index (Phi) is 5.67. The van der Waals surface area contributed by atoms with Gasteiger partial charge in [-0.2, -0.15) is 4.99 Å². The van der Waals surface area contributed by atoms with Gasteiger partial charge in [-0.3, -0.25) is 4.79 Å². The van der Waals surface area contributed by atoms with Crippen molar-refractivity contribution in [3.05, 3.63) is 62.4 Å². The molecule has 0 spiro atoms. The van der Waals surface area contributed by atoms with E-state index in [1.54, 1.807) is 7.11 Å². The third-order valence-corrected chi connectivity index (χ3v) is 6.79. The topological polar surface area (TPSA) is 43.6 Å². The fraction of sp³-hybridized carbons (Fsp3) is 0.364. The number of hydrogen-bond acceptors (Lipinski definition) is 3. The number of amides is 1. The number of benzene rings is 2. The summed E-state index contributed by atoms with van der Waals surface area (Å²) in [7, 11) is 1.67. The highest BCUT2D eigenvalue weighted by molar-refractivity contribution is 7.16. The smallest absolute Gasteiger partial charge is 0.279 e. The summed E-state index contributed by atoms with van der Waals surface area (Å²) < 4.78 is 8.37. The van der Waals surface area contributed by atoms with Crippen LogP contribution < -0.4 is 4.80 Å². The minimum atomic E-state index is -0.199. The van der Waals surface area contributed by atoms with Gasteiger partial charge in [0.05, 0.1) is 16.8 Å². The molecule has 28 heavy (non-hydrogen) atoms. The monoisotopic (exact) mass is 414 g/mol. The Labute approximate surface area is 173 Å². The molecule has 0 unspecified atom stereocenters. The molecule has 1 aliphatic carbocycles. The molecule has 4 nitrogen and oxygen atoms in total. The lowest BCUT2D eigenvalue weighted by Crippen LogP contribution is -2.20. The summed E-state index contributed by atoms with van der Waals surface area (Å²) in [5, 5.41) is 0.712. The van der Waals surface area contributed by atoms with Crippen molar-refractivity contribution in [1.29, 1.82) is 0 Å². The van der Waals surface area contributed by atoms with Crippen molar-refractivity contribution in [3.63, 3.8) is 0 Å². The van der Waals surface area contributed by atoms with Crippen LogP contribution in [0.1, 0.15) is 39.9 Å². The van der Waals surface area contributed by atoms with Gasteiger partial charge < -0.3 is 9.30 Å². The van der Waals surface area contributed by atoms with E-state index >= 15 is 0 Å². The molecular formula is C22H23ClN2O2S. The second-order valence-electron chi connectivity index (χ2n) is 7.16. The van der Waals surface area contributed by atoms with Crippen LogP contribution in [0.4, 0.5) is 0 Å². The molecule has 0 saturated carbocycles. The standard InChI is InChI=1S/C22H23ClN2O2S/c1-14-18(23)9-10-19-20(14)25(11-12-27-2)22(28-19)24-21(26)17-8-7-15-5-3-4-6-16(15)13-17/h7-10,13H,3-6,11-12H2,1-2H3. The Bertz CT molecular complexity index is 1110. The van der Waals surface area contributed by atoms with E-state index < -0.39 is 0 Å². The maximum Gasteiger partial charge on any atom is 0.279 e. The molecule has 0 bridgehead atoms. The van der Waals surface area contributed by atoms with E-state index in [2.05, 4.69) is 11.1 Å². The van der Waals surface area contributed by atoms with Crippen LogP contribution in [0.2, 0.25) is 5.02 Å². The maximum absolute atomic E-state index is 12.9. The Balaban J connectivity index is 1.80. The van der Waals surface area contributed by atoms with Crippen molar-refractivity contribution >= 4 is 39.1 Å². The average molecular weight is 415 g/mol. The van der Waals surface area contributed by atoms with Crippen molar-refractivity contribution in [1.82, 2.24) is 4.57 Å². The van der Waals surface area contributed by atoms with Crippen molar-refractivity contribution < 1.29 is 9.53 Å². The number of methoxy groups -OCH3 is 1. The largest absolute Gasteiger partial charge is 0.383 e. The Morgan fingerprint density at radius 2 is 2.00 bits per heavy atom. The third kappa shape index (κ3) is 3.66. The Hall–Kier alpha value is -1.95. The van der Waals surface area contributed by atoms with E-state index in [4.69, 9.17) is 16.3 Å². The molecular weight excluding hydrogens is 392 g/mol. The molecule has 1 aliphatic rings. The zero-order valence-electron chi connectivity index (χ0n) is 16.1. The van der Waals surface area contributed by atoms with Crippen LogP contribution in [0.5, 0.6) is 0 Å². The molecule has 0 radical (unpaired) electrons. The lowest BCUT2D eigenvalue weighted by atomic mass is 9.90. The Morgan fingerprint density at radius 1 is 1.21 bits per heavy atom. The van der Waals surface area contributed by atoms with Gasteiger partial charge in [-0.25, -0.2) is 0 Å². The molecule has 6 heteroatoms. The predicted molar refractivity (Wildman–Crippen MR) is 114 cm³/mol. The number of nitrogens with zero attached hydrogens (tertiary/aromatic N) is 2.